The minimum Gasteiger partial charge on any atom is -0.334 e. The van der Waals surface area contributed by atoms with E-state index in [0.29, 0.717) is 23.4 Å². The topological polar surface area (TPSA) is 51.0 Å². The lowest BCUT2D eigenvalue weighted by atomic mass is 10.2. The van der Waals surface area contributed by atoms with Gasteiger partial charge < -0.3 is 9.84 Å². The van der Waals surface area contributed by atoms with Gasteiger partial charge in [0, 0.05) is 11.1 Å². The molecular formula is C12H13ClFN3O. The van der Waals surface area contributed by atoms with E-state index in [-0.39, 0.29) is 11.5 Å². The van der Waals surface area contributed by atoms with E-state index >= 15 is 0 Å². The summed E-state index contributed by atoms with van der Waals surface area (Å²) in [6.07, 6.45) is 0. The maximum absolute atomic E-state index is 13.6. The van der Waals surface area contributed by atoms with E-state index in [1.165, 1.54) is 12.1 Å². The van der Waals surface area contributed by atoms with Crippen LogP contribution in [-0.2, 0) is 6.54 Å². The van der Waals surface area contributed by atoms with E-state index in [0.717, 1.165) is 0 Å². The molecule has 18 heavy (non-hydrogen) atoms. The lowest BCUT2D eigenvalue weighted by molar-refractivity contribution is 0.415. The van der Waals surface area contributed by atoms with Crippen LogP contribution in [0.2, 0.25) is 5.02 Å². The molecule has 0 aliphatic rings. The fourth-order valence-corrected chi connectivity index (χ4v) is 1.55. The Balaban J connectivity index is 2.18. The molecule has 0 atom stereocenters. The van der Waals surface area contributed by atoms with Crippen LogP contribution in [0.4, 0.5) is 4.39 Å². The number of nitrogens with zero attached hydrogens (tertiary/aromatic N) is 2. The van der Waals surface area contributed by atoms with Crippen LogP contribution in [0.5, 0.6) is 0 Å². The quantitative estimate of drug-likeness (QED) is 0.927. The average molecular weight is 270 g/mol. The van der Waals surface area contributed by atoms with Crippen LogP contribution in [-0.4, -0.2) is 16.2 Å². The maximum atomic E-state index is 13.6. The predicted octanol–water partition coefficient (Wildman–Crippen LogP) is 3.03. The van der Waals surface area contributed by atoms with Crippen molar-refractivity contribution in [3.8, 4) is 11.5 Å². The van der Waals surface area contributed by atoms with Gasteiger partial charge in [-0.1, -0.05) is 30.6 Å². The van der Waals surface area contributed by atoms with Crippen molar-refractivity contribution in [2.45, 2.75) is 26.4 Å². The van der Waals surface area contributed by atoms with E-state index in [1.807, 2.05) is 13.8 Å². The highest BCUT2D eigenvalue weighted by molar-refractivity contribution is 6.30. The second-order valence-electron chi connectivity index (χ2n) is 4.18. The molecule has 4 nitrogen and oxygen atoms in total. The zero-order valence-electron chi connectivity index (χ0n) is 10.1. The summed E-state index contributed by atoms with van der Waals surface area (Å²) in [5.41, 5.74) is 0.252. The van der Waals surface area contributed by atoms with Crippen molar-refractivity contribution in [2.24, 2.45) is 0 Å². The minimum atomic E-state index is -0.477. The van der Waals surface area contributed by atoms with Crippen molar-refractivity contribution in [2.75, 3.05) is 0 Å². The fourth-order valence-electron chi connectivity index (χ4n) is 1.39. The minimum absolute atomic E-state index is 0.157. The predicted molar refractivity (Wildman–Crippen MR) is 66.7 cm³/mol. The third kappa shape index (κ3) is 3.05. The molecule has 0 spiro atoms. The molecule has 2 aromatic rings. The standard InChI is InChI=1S/C12H13ClFN3O/c1-7(2)15-6-11-16-12(18-17-11)9-4-3-8(13)5-10(9)14/h3-5,7,15H,6H2,1-2H3. The van der Waals surface area contributed by atoms with Crippen molar-refractivity contribution in [1.82, 2.24) is 15.5 Å². The summed E-state index contributed by atoms with van der Waals surface area (Å²) >= 11 is 5.68. The van der Waals surface area contributed by atoms with E-state index in [1.54, 1.807) is 6.07 Å². The van der Waals surface area contributed by atoms with Gasteiger partial charge in [0.15, 0.2) is 5.82 Å². The first-order valence-corrected chi connectivity index (χ1v) is 5.95. The smallest absolute Gasteiger partial charge is 0.260 e. The third-order valence-corrected chi connectivity index (χ3v) is 2.53. The van der Waals surface area contributed by atoms with Gasteiger partial charge in [0.2, 0.25) is 0 Å². The number of hydrogen-bond donors (Lipinski definition) is 1. The lowest BCUT2D eigenvalue weighted by Crippen LogP contribution is -2.22. The van der Waals surface area contributed by atoms with Gasteiger partial charge in [-0.05, 0) is 18.2 Å². The molecule has 1 N–H and O–H groups in total. The van der Waals surface area contributed by atoms with Crippen LogP contribution in [0.3, 0.4) is 0 Å². The van der Waals surface area contributed by atoms with Gasteiger partial charge in [0.25, 0.3) is 5.89 Å². The first-order valence-electron chi connectivity index (χ1n) is 5.57. The summed E-state index contributed by atoms with van der Waals surface area (Å²) in [4.78, 5) is 4.12. The highest BCUT2D eigenvalue weighted by atomic mass is 35.5. The molecule has 2 rings (SSSR count). The van der Waals surface area contributed by atoms with Crippen LogP contribution in [0.1, 0.15) is 19.7 Å². The van der Waals surface area contributed by atoms with Crippen LogP contribution >= 0.6 is 11.6 Å². The number of halogens is 2. The summed E-state index contributed by atoms with van der Waals surface area (Å²) in [5.74, 6) is 0.173. The van der Waals surface area contributed by atoms with Gasteiger partial charge in [0.05, 0.1) is 12.1 Å². The molecular weight excluding hydrogens is 257 g/mol. The van der Waals surface area contributed by atoms with Crippen molar-refractivity contribution in [3.63, 3.8) is 0 Å². The van der Waals surface area contributed by atoms with Crippen LogP contribution in [0.25, 0.3) is 11.5 Å². The Morgan fingerprint density at radius 2 is 2.22 bits per heavy atom. The SMILES string of the molecule is CC(C)NCc1noc(-c2ccc(Cl)cc2F)n1. The molecule has 0 saturated heterocycles. The van der Waals surface area contributed by atoms with E-state index in [4.69, 9.17) is 16.1 Å². The molecule has 0 fully saturated rings. The molecule has 1 aromatic carbocycles. The molecule has 1 heterocycles. The number of aromatic nitrogens is 2. The molecule has 6 heteroatoms. The Morgan fingerprint density at radius 3 is 2.89 bits per heavy atom. The van der Waals surface area contributed by atoms with E-state index in [9.17, 15) is 4.39 Å². The molecule has 96 valence electrons. The maximum Gasteiger partial charge on any atom is 0.260 e. The van der Waals surface area contributed by atoms with Crippen LogP contribution in [0, 0.1) is 5.82 Å². The van der Waals surface area contributed by atoms with Crippen LogP contribution < -0.4 is 5.32 Å². The molecule has 0 radical (unpaired) electrons. The first kappa shape index (κ1) is 13.0. The number of rotatable bonds is 4. The molecule has 0 unspecified atom stereocenters. The lowest BCUT2D eigenvalue weighted by Gasteiger charge is -2.03. The van der Waals surface area contributed by atoms with Gasteiger partial charge in [0.1, 0.15) is 5.82 Å². The van der Waals surface area contributed by atoms with Gasteiger partial charge in [-0.3, -0.25) is 0 Å². The van der Waals surface area contributed by atoms with Crippen molar-refractivity contribution >= 4 is 11.6 Å². The Morgan fingerprint density at radius 1 is 1.44 bits per heavy atom. The average Bonchev–Trinajstić information content (AvgIpc) is 2.75. The zero-order valence-corrected chi connectivity index (χ0v) is 10.8. The number of nitrogens with one attached hydrogen (secondary N) is 1. The molecule has 0 bridgehead atoms. The monoisotopic (exact) mass is 269 g/mol. The summed E-state index contributed by atoms with van der Waals surface area (Å²) in [6.45, 7) is 4.51. The van der Waals surface area contributed by atoms with Gasteiger partial charge in [-0.15, -0.1) is 0 Å². The molecule has 0 amide bonds. The Labute approximate surface area is 109 Å². The Bertz CT molecular complexity index is 542. The third-order valence-electron chi connectivity index (χ3n) is 2.30. The van der Waals surface area contributed by atoms with E-state index in [2.05, 4.69) is 15.5 Å². The molecule has 1 aromatic heterocycles. The zero-order chi connectivity index (χ0) is 13.1. The normalized spacial score (nSPS) is 11.2. The van der Waals surface area contributed by atoms with Crippen molar-refractivity contribution < 1.29 is 8.91 Å². The molecule has 0 aliphatic carbocycles. The molecule has 0 aliphatic heterocycles. The van der Waals surface area contributed by atoms with Gasteiger partial charge in [-0.2, -0.15) is 4.98 Å². The van der Waals surface area contributed by atoms with Gasteiger partial charge in [-0.25, -0.2) is 4.39 Å². The number of benzene rings is 1. The highest BCUT2D eigenvalue weighted by Gasteiger charge is 2.13. The highest BCUT2D eigenvalue weighted by Crippen LogP contribution is 2.23. The summed E-state index contributed by atoms with van der Waals surface area (Å²) in [6, 6.07) is 4.63. The molecule has 0 saturated carbocycles. The van der Waals surface area contributed by atoms with Crippen molar-refractivity contribution in [3.05, 3.63) is 34.9 Å². The van der Waals surface area contributed by atoms with E-state index < -0.39 is 5.82 Å². The second-order valence-corrected chi connectivity index (χ2v) is 4.61. The summed E-state index contributed by atoms with van der Waals surface area (Å²) in [5, 5.41) is 7.26. The Kier molecular flexibility index (Phi) is 3.93. The summed E-state index contributed by atoms with van der Waals surface area (Å²) in [7, 11) is 0. The fraction of sp³-hybridized carbons (Fsp3) is 0.333. The summed E-state index contributed by atoms with van der Waals surface area (Å²) < 4.78 is 18.7. The first-order chi connectivity index (χ1) is 8.56. The Hall–Kier alpha value is -1.46. The van der Waals surface area contributed by atoms with Crippen molar-refractivity contribution in [1.29, 1.82) is 0 Å². The second kappa shape index (κ2) is 5.46. The van der Waals surface area contributed by atoms with Crippen LogP contribution in [0.15, 0.2) is 22.7 Å². The largest absolute Gasteiger partial charge is 0.334 e. The van der Waals surface area contributed by atoms with Gasteiger partial charge >= 0.3 is 0 Å². The number of hydrogen-bond acceptors (Lipinski definition) is 4.